The summed E-state index contributed by atoms with van der Waals surface area (Å²) in [5, 5.41) is 19.8. The van der Waals surface area contributed by atoms with Crippen LogP contribution in [0.5, 0.6) is 5.75 Å². The van der Waals surface area contributed by atoms with Crippen LogP contribution in [0.2, 0.25) is 0 Å². The number of hydrogen-bond donors (Lipinski definition) is 2. The SMILES string of the molecule is OC1CN([C@H]2CCC[C@@H](Oc3cccc(F)c3)[C@@H]2O)C1. The molecule has 0 radical (unpaired) electrons. The van der Waals surface area contributed by atoms with Crippen molar-refractivity contribution in [1.82, 2.24) is 4.90 Å². The van der Waals surface area contributed by atoms with E-state index in [-0.39, 0.29) is 24.1 Å². The van der Waals surface area contributed by atoms with E-state index in [9.17, 15) is 14.6 Å². The monoisotopic (exact) mass is 281 g/mol. The van der Waals surface area contributed by atoms with Crippen molar-refractivity contribution in [2.45, 2.75) is 43.6 Å². The van der Waals surface area contributed by atoms with Crippen LogP contribution >= 0.6 is 0 Å². The number of rotatable bonds is 3. The normalized spacial score (nSPS) is 31.9. The van der Waals surface area contributed by atoms with E-state index in [0.29, 0.717) is 18.8 Å². The van der Waals surface area contributed by atoms with Crippen LogP contribution < -0.4 is 4.74 Å². The Balaban J connectivity index is 1.64. The summed E-state index contributed by atoms with van der Waals surface area (Å²) in [7, 11) is 0. The number of ether oxygens (including phenoxy) is 1. The van der Waals surface area contributed by atoms with Gasteiger partial charge in [-0.25, -0.2) is 4.39 Å². The highest BCUT2D eigenvalue weighted by Crippen LogP contribution is 2.29. The molecular formula is C15H20FNO3. The molecule has 5 heteroatoms. The molecule has 1 saturated carbocycles. The lowest BCUT2D eigenvalue weighted by molar-refractivity contribution is -0.103. The average molecular weight is 281 g/mol. The maximum atomic E-state index is 13.2. The molecule has 20 heavy (non-hydrogen) atoms. The largest absolute Gasteiger partial charge is 0.488 e. The molecular weight excluding hydrogens is 261 g/mol. The zero-order chi connectivity index (χ0) is 14.1. The van der Waals surface area contributed by atoms with Crippen molar-refractivity contribution in [2.75, 3.05) is 13.1 Å². The number of nitrogens with zero attached hydrogens (tertiary/aromatic N) is 1. The molecule has 2 fully saturated rings. The van der Waals surface area contributed by atoms with Crippen LogP contribution in [0, 0.1) is 5.82 Å². The van der Waals surface area contributed by atoms with Crippen LogP contribution in [0.25, 0.3) is 0 Å². The zero-order valence-electron chi connectivity index (χ0n) is 11.3. The third kappa shape index (κ3) is 2.80. The number of benzene rings is 1. The highest BCUT2D eigenvalue weighted by molar-refractivity contribution is 5.23. The summed E-state index contributed by atoms with van der Waals surface area (Å²) < 4.78 is 18.9. The van der Waals surface area contributed by atoms with Gasteiger partial charge in [0, 0.05) is 25.2 Å². The number of halogens is 1. The molecule has 0 unspecified atom stereocenters. The van der Waals surface area contributed by atoms with E-state index in [1.807, 2.05) is 0 Å². The fourth-order valence-electron chi connectivity index (χ4n) is 3.12. The van der Waals surface area contributed by atoms with Gasteiger partial charge in [0.05, 0.1) is 6.10 Å². The van der Waals surface area contributed by atoms with E-state index in [1.165, 1.54) is 12.1 Å². The van der Waals surface area contributed by atoms with Gasteiger partial charge in [0.15, 0.2) is 0 Å². The van der Waals surface area contributed by atoms with Gasteiger partial charge in [0.1, 0.15) is 23.8 Å². The van der Waals surface area contributed by atoms with Gasteiger partial charge in [-0.1, -0.05) is 6.07 Å². The summed E-state index contributed by atoms with van der Waals surface area (Å²) in [6.45, 7) is 1.24. The number of aliphatic hydroxyl groups excluding tert-OH is 2. The first-order chi connectivity index (χ1) is 9.63. The van der Waals surface area contributed by atoms with Crippen LogP contribution in [-0.2, 0) is 0 Å². The summed E-state index contributed by atoms with van der Waals surface area (Å²) in [4.78, 5) is 2.09. The summed E-state index contributed by atoms with van der Waals surface area (Å²) in [6.07, 6.45) is 1.47. The third-order valence-corrected chi connectivity index (χ3v) is 4.21. The highest BCUT2D eigenvalue weighted by Gasteiger charge is 2.41. The smallest absolute Gasteiger partial charge is 0.126 e. The summed E-state index contributed by atoms with van der Waals surface area (Å²) in [6, 6.07) is 6.04. The molecule has 3 rings (SSSR count). The predicted molar refractivity (Wildman–Crippen MR) is 72.0 cm³/mol. The summed E-state index contributed by atoms with van der Waals surface area (Å²) in [5.74, 6) is 0.119. The van der Waals surface area contributed by atoms with Crippen LogP contribution in [0.15, 0.2) is 24.3 Å². The number of likely N-dealkylation sites (tertiary alicyclic amines) is 1. The van der Waals surface area contributed by atoms with Crippen molar-refractivity contribution < 1.29 is 19.3 Å². The Kier molecular flexibility index (Phi) is 3.92. The van der Waals surface area contributed by atoms with E-state index < -0.39 is 6.10 Å². The minimum atomic E-state index is -0.598. The minimum absolute atomic E-state index is 0.0331. The maximum absolute atomic E-state index is 13.2. The second-order valence-corrected chi connectivity index (χ2v) is 5.71. The summed E-state index contributed by atoms with van der Waals surface area (Å²) >= 11 is 0. The van der Waals surface area contributed by atoms with Gasteiger partial charge in [-0.15, -0.1) is 0 Å². The quantitative estimate of drug-likeness (QED) is 0.873. The molecule has 1 aromatic carbocycles. The molecule has 3 atom stereocenters. The Morgan fingerprint density at radius 2 is 2.00 bits per heavy atom. The molecule has 4 nitrogen and oxygen atoms in total. The van der Waals surface area contributed by atoms with Gasteiger partial charge < -0.3 is 14.9 Å². The first kappa shape index (κ1) is 13.8. The molecule has 1 aliphatic carbocycles. The lowest BCUT2D eigenvalue weighted by Gasteiger charge is -2.47. The van der Waals surface area contributed by atoms with Crippen molar-refractivity contribution in [1.29, 1.82) is 0 Å². The van der Waals surface area contributed by atoms with Gasteiger partial charge >= 0.3 is 0 Å². The van der Waals surface area contributed by atoms with Crippen LogP contribution in [-0.4, -0.2) is 52.6 Å². The van der Waals surface area contributed by atoms with Crippen LogP contribution in [0.3, 0.4) is 0 Å². The Labute approximate surface area is 117 Å². The van der Waals surface area contributed by atoms with E-state index in [0.717, 1.165) is 19.3 Å². The molecule has 2 aliphatic rings. The van der Waals surface area contributed by atoms with E-state index >= 15 is 0 Å². The second kappa shape index (κ2) is 5.68. The molecule has 1 saturated heterocycles. The molecule has 1 aliphatic heterocycles. The second-order valence-electron chi connectivity index (χ2n) is 5.71. The molecule has 1 aromatic rings. The Hall–Kier alpha value is -1.17. The van der Waals surface area contributed by atoms with Crippen molar-refractivity contribution in [3.63, 3.8) is 0 Å². The van der Waals surface area contributed by atoms with E-state index in [1.54, 1.807) is 12.1 Å². The minimum Gasteiger partial charge on any atom is -0.488 e. The average Bonchev–Trinajstić information content (AvgIpc) is 2.38. The van der Waals surface area contributed by atoms with Gasteiger partial charge in [-0.05, 0) is 31.4 Å². The lowest BCUT2D eigenvalue weighted by Crippen LogP contribution is -2.62. The van der Waals surface area contributed by atoms with Crippen LogP contribution in [0.1, 0.15) is 19.3 Å². The third-order valence-electron chi connectivity index (χ3n) is 4.21. The Bertz CT molecular complexity index is 464. The van der Waals surface area contributed by atoms with Crippen molar-refractivity contribution in [3.05, 3.63) is 30.1 Å². The molecule has 2 N–H and O–H groups in total. The molecule has 0 aromatic heterocycles. The van der Waals surface area contributed by atoms with Crippen molar-refractivity contribution in [2.24, 2.45) is 0 Å². The standard InChI is InChI=1S/C15H20FNO3/c16-10-3-1-4-12(7-10)20-14-6-2-5-13(15(14)19)17-8-11(18)9-17/h1,3-4,7,11,13-15,18-19H,2,5-6,8-9H2/t13-,14+,15+/m0/s1. The van der Waals surface area contributed by atoms with Gasteiger partial charge in [-0.2, -0.15) is 0 Å². The van der Waals surface area contributed by atoms with Gasteiger partial charge in [-0.3, -0.25) is 4.90 Å². The first-order valence-corrected chi connectivity index (χ1v) is 7.16. The molecule has 1 heterocycles. The Morgan fingerprint density at radius 3 is 2.70 bits per heavy atom. The van der Waals surface area contributed by atoms with E-state index in [4.69, 9.17) is 4.74 Å². The molecule has 0 spiro atoms. The topological polar surface area (TPSA) is 52.9 Å². The highest BCUT2D eigenvalue weighted by atomic mass is 19.1. The fourth-order valence-corrected chi connectivity index (χ4v) is 3.12. The fraction of sp³-hybridized carbons (Fsp3) is 0.600. The predicted octanol–water partition coefficient (Wildman–Crippen LogP) is 1.16. The number of hydrogen-bond acceptors (Lipinski definition) is 4. The van der Waals surface area contributed by atoms with E-state index in [2.05, 4.69) is 4.90 Å². The van der Waals surface area contributed by atoms with Crippen molar-refractivity contribution in [3.8, 4) is 5.75 Å². The lowest BCUT2D eigenvalue weighted by atomic mass is 9.87. The molecule has 0 amide bonds. The number of β-amino-alcohol motifs (C(OH)–C–C–N with tert-alkyl or cyclic N) is 1. The van der Waals surface area contributed by atoms with Crippen LogP contribution in [0.4, 0.5) is 4.39 Å². The van der Waals surface area contributed by atoms with Gasteiger partial charge in [0.25, 0.3) is 0 Å². The Morgan fingerprint density at radius 1 is 1.20 bits per heavy atom. The number of aliphatic hydroxyl groups is 2. The summed E-state index contributed by atoms with van der Waals surface area (Å²) in [5.41, 5.74) is 0. The van der Waals surface area contributed by atoms with Crippen molar-refractivity contribution >= 4 is 0 Å². The first-order valence-electron chi connectivity index (χ1n) is 7.16. The molecule has 110 valence electrons. The van der Waals surface area contributed by atoms with Gasteiger partial charge in [0.2, 0.25) is 0 Å². The zero-order valence-corrected chi connectivity index (χ0v) is 11.3. The maximum Gasteiger partial charge on any atom is 0.126 e. The molecule has 0 bridgehead atoms.